The topological polar surface area (TPSA) is 12.0 Å². The van der Waals surface area contributed by atoms with Crippen LogP contribution in [0, 0.1) is 5.82 Å². The summed E-state index contributed by atoms with van der Waals surface area (Å²) in [5.74, 6) is -0.202. The van der Waals surface area contributed by atoms with E-state index < -0.39 is 0 Å². The predicted molar refractivity (Wildman–Crippen MR) is 79.2 cm³/mol. The van der Waals surface area contributed by atoms with E-state index in [2.05, 4.69) is 35.1 Å². The molecule has 1 aromatic carbocycles. The second-order valence-electron chi connectivity index (χ2n) is 4.88. The average molecular weight is 316 g/mol. The maximum Gasteiger partial charge on any atom is 0.137 e. The fourth-order valence-electron chi connectivity index (χ4n) is 1.92. The lowest BCUT2D eigenvalue weighted by atomic mass is 10.1. The molecule has 0 heterocycles. The second kappa shape index (κ2) is 8.65. The number of hydrogen-bond acceptors (Lipinski definition) is 1. The highest BCUT2D eigenvalue weighted by Crippen LogP contribution is 2.17. The number of benzene rings is 1. The first-order chi connectivity index (χ1) is 8.63. The van der Waals surface area contributed by atoms with Crippen LogP contribution >= 0.6 is 15.9 Å². The van der Waals surface area contributed by atoms with Gasteiger partial charge in [0, 0.05) is 12.6 Å². The minimum atomic E-state index is -0.202. The normalized spacial score (nSPS) is 12.7. The van der Waals surface area contributed by atoms with Gasteiger partial charge in [-0.2, -0.15) is 0 Å². The summed E-state index contributed by atoms with van der Waals surface area (Å²) in [6.45, 7) is 5.24. The molecule has 0 radical (unpaired) electrons. The Kier molecular flexibility index (Phi) is 7.52. The van der Waals surface area contributed by atoms with Gasteiger partial charge < -0.3 is 5.32 Å². The molecule has 1 aromatic rings. The molecule has 0 amide bonds. The first kappa shape index (κ1) is 15.6. The highest BCUT2D eigenvalue weighted by atomic mass is 79.9. The molecule has 0 saturated heterocycles. The van der Waals surface area contributed by atoms with Crippen molar-refractivity contribution in [3.8, 4) is 0 Å². The largest absolute Gasteiger partial charge is 0.310 e. The summed E-state index contributed by atoms with van der Waals surface area (Å²) in [5, 5.41) is 3.48. The molecule has 0 bridgehead atoms. The molecule has 102 valence electrons. The van der Waals surface area contributed by atoms with Gasteiger partial charge in [0.15, 0.2) is 0 Å². The summed E-state index contributed by atoms with van der Waals surface area (Å²) in [6.07, 6.45) is 6.44. The van der Waals surface area contributed by atoms with E-state index in [1.165, 1.54) is 38.2 Å². The van der Waals surface area contributed by atoms with Gasteiger partial charge in [-0.1, -0.05) is 38.7 Å². The zero-order valence-electron chi connectivity index (χ0n) is 11.3. The Balaban J connectivity index is 2.24. The van der Waals surface area contributed by atoms with Crippen LogP contribution in [0.5, 0.6) is 0 Å². The summed E-state index contributed by atoms with van der Waals surface area (Å²) in [7, 11) is 0. The SMILES string of the molecule is CCCCCCC(C)NCc1ccc(F)c(Br)c1. The maximum atomic E-state index is 13.1. The van der Waals surface area contributed by atoms with Gasteiger partial charge in [0.2, 0.25) is 0 Å². The number of hydrogen-bond donors (Lipinski definition) is 1. The van der Waals surface area contributed by atoms with E-state index >= 15 is 0 Å². The van der Waals surface area contributed by atoms with Crippen molar-refractivity contribution in [3.05, 3.63) is 34.1 Å². The molecule has 1 unspecified atom stereocenters. The molecule has 0 aliphatic carbocycles. The van der Waals surface area contributed by atoms with Gasteiger partial charge in [-0.15, -0.1) is 0 Å². The Bertz CT molecular complexity index is 354. The Morgan fingerprint density at radius 3 is 2.72 bits per heavy atom. The Hall–Kier alpha value is -0.410. The Labute approximate surface area is 118 Å². The third-order valence-electron chi connectivity index (χ3n) is 3.13. The van der Waals surface area contributed by atoms with E-state index in [4.69, 9.17) is 0 Å². The van der Waals surface area contributed by atoms with Crippen molar-refractivity contribution < 1.29 is 4.39 Å². The van der Waals surface area contributed by atoms with Crippen LogP contribution in [0.2, 0.25) is 0 Å². The van der Waals surface area contributed by atoms with Crippen LogP contribution in [0.25, 0.3) is 0 Å². The van der Waals surface area contributed by atoms with E-state index in [9.17, 15) is 4.39 Å². The summed E-state index contributed by atoms with van der Waals surface area (Å²) < 4.78 is 13.6. The Morgan fingerprint density at radius 1 is 1.28 bits per heavy atom. The van der Waals surface area contributed by atoms with Crippen LogP contribution in [-0.4, -0.2) is 6.04 Å². The van der Waals surface area contributed by atoms with Crippen LogP contribution in [0.1, 0.15) is 51.5 Å². The van der Waals surface area contributed by atoms with E-state index in [1.54, 1.807) is 0 Å². The standard InChI is InChI=1S/C15H23BrFN/c1-3-4-5-6-7-12(2)18-11-13-8-9-15(17)14(16)10-13/h8-10,12,18H,3-7,11H2,1-2H3. The molecular weight excluding hydrogens is 293 g/mol. The van der Waals surface area contributed by atoms with Crippen molar-refractivity contribution in [2.24, 2.45) is 0 Å². The summed E-state index contributed by atoms with van der Waals surface area (Å²) in [4.78, 5) is 0. The van der Waals surface area contributed by atoms with Crippen molar-refractivity contribution in [1.29, 1.82) is 0 Å². The summed E-state index contributed by atoms with van der Waals surface area (Å²) in [6, 6.07) is 5.70. The molecule has 0 spiro atoms. The average Bonchev–Trinajstić information content (AvgIpc) is 2.36. The third kappa shape index (κ3) is 5.96. The lowest BCUT2D eigenvalue weighted by Gasteiger charge is -2.14. The minimum absolute atomic E-state index is 0.202. The van der Waals surface area contributed by atoms with Crippen molar-refractivity contribution in [1.82, 2.24) is 5.32 Å². The smallest absolute Gasteiger partial charge is 0.137 e. The van der Waals surface area contributed by atoms with Crippen LogP contribution in [0.15, 0.2) is 22.7 Å². The zero-order valence-corrected chi connectivity index (χ0v) is 12.9. The molecule has 0 fully saturated rings. The minimum Gasteiger partial charge on any atom is -0.310 e. The van der Waals surface area contributed by atoms with Crippen molar-refractivity contribution in [3.63, 3.8) is 0 Å². The van der Waals surface area contributed by atoms with Gasteiger partial charge in [0.25, 0.3) is 0 Å². The van der Waals surface area contributed by atoms with E-state index in [1.807, 2.05) is 12.1 Å². The number of rotatable bonds is 8. The van der Waals surface area contributed by atoms with Gasteiger partial charge in [-0.05, 0) is 47.0 Å². The molecule has 0 aliphatic rings. The van der Waals surface area contributed by atoms with E-state index in [0.717, 1.165) is 12.1 Å². The van der Waals surface area contributed by atoms with Crippen LogP contribution in [-0.2, 0) is 6.54 Å². The van der Waals surface area contributed by atoms with Crippen molar-refractivity contribution >= 4 is 15.9 Å². The predicted octanol–water partition coefficient (Wildman–Crippen LogP) is 5.04. The van der Waals surface area contributed by atoms with Crippen molar-refractivity contribution in [2.45, 2.75) is 58.5 Å². The molecule has 1 rings (SSSR count). The molecule has 1 nitrogen and oxygen atoms in total. The van der Waals surface area contributed by atoms with E-state index in [-0.39, 0.29) is 5.82 Å². The highest BCUT2D eigenvalue weighted by Gasteiger charge is 2.03. The molecule has 0 aromatic heterocycles. The Morgan fingerprint density at radius 2 is 2.06 bits per heavy atom. The number of nitrogens with one attached hydrogen (secondary N) is 1. The van der Waals surface area contributed by atoms with E-state index in [0.29, 0.717) is 10.5 Å². The highest BCUT2D eigenvalue weighted by molar-refractivity contribution is 9.10. The van der Waals surface area contributed by atoms with Gasteiger partial charge in [0.05, 0.1) is 4.47 Å². The molecule has 1 atom stereocenters. The van der Waals surface area contributed by atoms with Gasteiger partial charge in [0.1, 0.15) is 5.82 Å². The van der Waals surface area contributed by atoms with Crippen molar-refractivity contribution in [2.75, 3.05) is 0 Å². The van der Waals surface area contributed by atoms with Crippen LogP contribution in [0.4, 0.5) is 4.39 Å². The molecule has 1 N–H and O–H groups in total. The van der Waals surface area contributed by atoms with Gasteiger partial charge in [-0.3, -0.25) is 0 Å². The first-order valence-electron chi connectivity index (χ1n) is 6.80. The third-order valence-corrected chi connectivity index (χ3v) is 3.74. The maximum absolute atomic E-state index is 13.1. The molecule has 18 heavy (non-hydrogen) atoms. The monoisotopic (exact) mass is 315 g/mol. The first-order valence-corrected chi connectivity index (χ1v) is 7.60. The molecule has 0 aliphatic heterocycles. The molecule has 0 saturated carbocycles. The van der Waals surface area contributed by atoms with Crippen LogP contribution in [0.3, 0.4) is 0 Å². The second-order valence-corrected chi connectivity index (χ2v) is 5.73. The number of unbranched alkanes of at least 4 members (excludes halogenated alkanes) is 3. The quantitative estimate of drug-likeness (QED) is 0.663. The lowest BCUT2D eigenvalue weighted by Crippen LogP contribution is -2.25. The van der Waals surface area contributed by atoms with Gasteiger partial charge >= 0.3 is 0 Å². The fraction of sp³-hybridized carbons (Fsp3) is 0.600. The lowest BCUT2D eigenvalue weighted by molar-refractivity contribution is 0.482. The number of halogens is 2. The molecular formula is C15H23BrFN. The fourth-order valence-corrected chi connectivity index (χ4v) is 2.35. The van der Waals surface area contributed by atoms with Gasteiger partial charge in [-0.25, -0.2) is 4.39 Å². The molecule has 3 heteroatoms. The summed E-state index contributed by atoms with van der Waals surface area (Å²) in [5.41, 5.74) is 1.11. The zero-order chi connectivity index (χ0) is 13.4. The van der Waals surface area contributed by atoms with Crippen LogP contribution < -0.4 is 5.32 Å². The summed E-state index contributed by atoms with van der Waals surface area (Å²) >= 11 is 3.21.